The number of rotatable bonds is 3. The summed E-state index contributed by atoms with van der Waals surface area (Å²) in [6.07, 6.45) is 0.492. The van der Waals surface area contributed by atoms with Crippen LogP contribution < -0.4 is 0 Å². The van der Waals surface area contributed by atoms with E-state index in [-0.39, 0.29) is 23.9 Å². The van der Waals surface area contributed by atoms with Crippen LogP contribution in [0, 0.1) is 11.6 Å². The Morgan fingerprint density at radius 3 is 2.58 bits per heavy atom. The average Bonchev–Trinajstić information content (AvgIpc) is 2.96. The molecule has 0 N–H and O–H groups in total. The molecule has 0 radical (unpaired) electrons. The van der Waals surface area contributed by atoms with Crippen molar-refractivity contribution in [2.24, 2.45) is 0 Å². The SMILES string of the molecule is COC(C)(C)C(=O)N1CCc2oc(-c3cc(F)cc(F)c3)nc2C1. The largest absolute Gasteiger partial charge is 0.441 e. The summed E-state index contributed by atoms with van der Waals surface area (Å²) in [5, 5.41) is 0. The minimum Gasteiger partial charge on any atom is -0.441 e. The zero-order valence-electron chi connectivity index (χ0n) is 13.7. The van der Waals surface area contributed by atoms with Gasteiger partial charge in [-0.05, 0) is 26.0 Å². The third-order valence-electron chi connectivity index (χ3n) is 4.15. The molecule has 3 rings (SSSR count). The van der Waals surface area contributed by atoms with Gasteiger partial charge in [-0.3, -0.25) is 4.79 Å². The van der Waals surface area contributed by atoms with Crippen LogP contribution in [0.4, 0.5) is 8.78 Å². The van der Waals surface area contributed by atoms with E-state index in [1.165, 1.54) is 7.11 Å². The monoisotopic (exact) mass is 336 g/mol. The lowest BCUT2D eigenvalue weighted by atomic mass is 10.1. The Hall–Kier alpha value is -2.28. The van der Waals surface area contributed by atoms with Crippen LogP contribution >= 0.6 is 0 Å². The summed E-state index contributed by atoms with van der Waals surface area (Å²) in [4.78, 5) is 18.4. The molecule has 24 heavy (non-hydrogen) atoms. The van der Waals surface area contributed by atoms with E-state index in [1.807, 2.05) is 0 Å². The van der Waals surface area contributed by atoms with Crippen LogP contribution in [0.15, 0.2) is 22.6 Å². The molecule has 0 atom stereocenters. The lowest BCUT2D eigenvalue weighted by Crippen LogP contribution is -2.48. The average molecular weight is 336 g/mol. The fourth-order valence-corrected chi connectivity index (χ4v) is 2.64. The van der Waals surface area contributed by atoms with E-state index >= 15 is 0 Å². The van der Waals surface area contributed by atoms with E-state index < -0.39 is 17.2 Å². The number of fused-ring (bicyclic) bond motifs is 1. The Kier molecular flexibility index (Phi) is 4.13. The van der Waals surface area contributed by atoms with Gasteiger partial charge in [-0.15, -0.1) is 0 Å². The number of carbonyl (C=O) groups is 1. The van der Waals surface area contributed by atoms with Gasteiger partial charge in [0.05, 0.1) is 6.54 Å². The first-order chi connectivity index (χ1) is 11.3. The number of amides is 1. The zero-order valence-corrected chi connectivity index (χ0v) is 13.7. The Balaban J connectivity index is 1.86. The van der Waals surface area contributed by atoms with E-state index in [2.05, 4.69) is 4.98 Å². The van der Waals surface area contributed by atoms with Crippen LogP contribution in [0.5, 0.6) is 0 Å². The first-order valence-electron chi connectivity index (χ1n) is 7.60. The van der Waals surface area contributed by atoms with Gasteiger partial charge in [-0.25, -0.2) is 13.8 Å². The normalized spacial score (nSPS) is 14.6. The molecule has 0 bridgehead atoms. The van der Waals surface area contributed by atoms with Gasteiger partial charge >= 0.3 is 0 Å². The van der Waals surface area contributed by atoms with Gasteiger partial charge in [0.2, 0.25) is 5.89 Å². The van der Waals surface area contributed by atoms with E-state index in [0.717, 1.165) is 18.2 Å². The second-order valence-electron chi connectivity index (χ2n) is 6.24. The summed E-state index contributed by atoms with van der Waals surface area (Å²) in [5.74, 6) is -0.746. The molecule has 0 spiro atoms. The molecule has 1 aliphatic heterocycles. The number of carbonyl (C=O) groups excluding carboxylic acids is 1. The third kappa shape index (κ3) is 3.03. The Labute approximate surface area is 138 Å². The first-order valence-corrected chi connectivity index (χ1v) is 7.60. The predicted octanol–water partition coefficient (Wildman–Crippen LogP) is 2.93. The molecule has 1 amide bonds. The van der Waals surface area contributed by atoms with Crippen molar-refractivity contribution in [2.75, 3.05) is 13.7 Å². The summed E-state index contributed by atoms with van der Waals surface area (Å²) >= 11 is 0. The topological polar surface area (TPSA) is 55.6 Å². The molecule has 0 saturated heterocycles. The summed E-state index contributed by atoms with van der Waals surface area (Å²) in [5.41, 5.74) is -0.0892. The number of oxazole rings is 1. The second-order valence-corrected chi connectivity index (χ2v) is 6.24. The van der Waals surface area contributed by atoms with Crippen LogP contribution in [-0.2, 0) is 22.5 Å². The quantitative estimate of drug-likeness (QED) is 0.865. The molecule has 1 aromatic carbocycles. The number of halogens is 2. The number of aromatic nitrogens is 1. The minimum atomic E-state index is -0.921. The van der Waals surface area contributed by atoms with E-state index in [1.54, 1.807) is 18.7 Å². The van der Waals surface area contributed by atoms with Crippen molar-refractivity contribution in [3.8, 4) is 11.5 Å². The molecule has 0 saturated carbocycles. The molecule has 128 valence electrons. The van der Waals surface area contributed by atoms with Crippen molar-refractivity contribution in [3.05, 3.63) is 41.3 Å². The minimum absolute atomic E-state index is 0.142. The summed E-state index contributed by atoms with van der Waals surface area (Å²) < 4.78 is 37.6. The fourth-order valence-electron chi connectivity index (χ4n) is 2.64. The van der Waals surface area contributed by atoms with Crippen LogP contribution in [-0.4, -0.2) is 35.0 Å². The van der Waals surface area contributed by atoms with E-state index in [4.69, 9.17) is 9.15 Å². The molecular weight excluding hydrogens is 318 g/mol. The maximum atomic E-state index is 13.4. The number of ether oxygens (including phenoxy) is 1. The highest BCUT2D eigenvalue weighted by Crippen LogP contribution is 2.28. The summed E-state index contributed by atoms with van der Waals surface area (Å²) in [6, 6.07) is 3.12. The number of hydrogen-bond donors (Lipinski definition) is 0. The van der Waals surface area contributed by atoms with Crippen molar-refractivity contribution in [1.29, 1.82) is 0 Å². The molecule has 2 heterocycles. The standard InChI is InChI=1S/C17H18F2N2O3/c1-17(2,23-3)16(22)21-5-4-14-13(9-21)20-15(24-14)10-6-11(18)8-12(19)7-10/h6-8H,4-5,9H2,1-3H3. The Morgan fingerprint density at radius 1 is 1.29 bits per heavy atom. The molecule has 0 fully saturated rings. The molecule has 0 aliphatic carbocycles. The van der Waals surface area contributed by atoms with Gasteiger partial charge in [0.1, 0.15) is 28.7 Å². The fraction of sp³-hybridized carbons (Fsp3) is 0.412. The van der Waals surface area contributed by atoms with E-state index in [9.17, 15) is 13.6 Å². The molecular formula is C17H18F2N2O3. The number of methoxy groups -OCH3 is 1. The Bertz CT molecular complexity index is 766. The molecule has 1 aliphatic rings. The van der Waals surface area contributed by atoms with Crippen LogP contribution in [0.2, 0.25) is 0 Å². The molecule has 5 nitrogen and oxygen atoms in total. The van der Waals surface area contributed by atoms with Gasteiger partial charge in [0.15, 0.2) is 0 Å². The van der Waals surface area contributed by atoms with E-state index in [0.29, 0.717) is 24.4 Å². The highest BCUT2D eigenvalue weighted by atomic mass is 19.1. The molecule has 7 heteroatoms. The molecule has 1 aromatic heterocycles. The highest BCUT2D eigenvalue weighted by molar-refractivity contribution is 5.84. The number of hydrogen-bond acceptors (Lipinski definition) is 4. The van der Waals surface area contributed by atoms with Gasteiger partial charge < -0.3 is 14.1 Å². The van der Waals surface area contributed by atoms with Gasteiger partial charge in [-0.2, -0.15) is 0 Å². The molecule has 0 unspecified atom stereocenters. The lowest BCUT2D eigenvalue weighted by molar-refractivity contribution is -0.152. The molecule has 2 aromatic rings. The van der Waals surface area contributed by atoms with Crippen molar-refractivity contribution in [2.45, 2.75) is 32.4 Å². The number of benzene rings is 1. The summed E-state index contributed by atoms with van der Waals surface area (Å²) in [7, 11) is 1.49. The summed E-state index contributed by atoms with van der Waals surface area (Å²) in [6.45, 7) is 4.16. The third-order valence-corrected chi connectivity index (χ3v) is 4.15. The maximum Gasteiger partial charge on any atom is 0.254 e. The van der Waals surface area contributed by atoms with Crippen molar-refractivity contribution >= 4 is 5.91 Å². The van der Waals surface area contributed by atoms with Crippen molar-refractivity contribution in [1.82, 2.24) is 9.88 Å². The van der Waals surface area contributed by atoms with Gasteiger partial charge in [-0.1, -0.05) is 0 Å². The van der Waals surface area contributed by atoms with Crippen molar-refractivity contribution in [3.63, 3.8) is 0 Å². The zero-order chi connectivity index (χ0) is 17.5. The predicted molar refractivity (Wildman–Crippen MR) is 82.1 cm³/mol. The van der Waals surface area contributed by atoms with Gasteiger partial charge in [0, 0.05) is 31.7 Å². The smallest absolute Gasteiger partial charge is 0.254 e. The van der Waals surface area contributed by atoms with Crippen LogP contribution in [0.25, 0.3) is 11.5 Å². The van der Waals surface area contributed by atoms with Gasteiger partial charge in [0.25, 0.3) is 5.91 Å². The maximum absolute atomic E-state index is 13.4. The first kappa shape index (κ1) is 16.6. The number of nitrogens with zero attached hydrogens (tertiary/aromatic N) is 2. The van der Waals surface area contributed by atoms with Crippen LogP contribution in [0.1, 0.15) is 25.3 Å². The lowest BCUT2D eigenvalue weighted by Gasteiger charge is -2.32. The second kappa shape index (κ2) is 5.98. The van der Waals surface area contributed by atoms with Crippen LogP contribution in [0.3, 0.4) is 0 Å². The highest BCUT2D eigenvalue weighted by Gasteiger charge is 2.35. The van der Waals surface area contributed by atoms with Crippen molar-refractivity contribution < 1.29 is 22.7 Å². The Morgan fingerprint density at radius 2 is 1.96 bits per heavy atom.